The molecule has 1 amide bonds. The van der Waals surface area contributed by atoms with Crippen molar-refractivity contribution < 1.29 is 27.6 Å². The van der Waals surface area contributed by atoms with Crippen molar-refractivity contribution in [2.24, 2.45) is 7.05 Å². The van der Waals surface area contributed by atoms with E-state index < -0.39 is 22.6 Å². The van der Waals surface area contributed by atoms with Gasteiger partial charge < -0.3 is 20.2 Å². The van der Waals surface area contributed by atoms with E-state index in [1.807, 2.05) is 0 Å². The number of aryl methyl sites for hydroxylation is 1. The monoisotopic (exact) mass is 484 g/mol. The summed E-state index contributed by atoms with van der Waals surface area (Å²) in [5, 5.41) is 17.4. The third kappa shape index (κ3) is 4.59. The van der Waals surface area contributed by atoms with Crippen LogP contribution in [0.5, 0.6) is 11.5 Å². The van der Waals surface area contributed by atoms with Crippen LogP contribution >= 0.6 is 15.9 Å². The highest BCUT2D eigenvalue weighted by atomic mass is 79.9. The molecule has 0 spiro atoms. The normalized spacial score (nSPS) is 11.2. The lowest BCUT2D eigenvalue weighted by Crippen LogP contribution is -2.13. The highest BCUT2D eigenvalue weighted by Crippen LogP contribution is 2.33. The number of nitrogens with one attached hydrogen (secondary N) is 1. The molecule has 12 heteroatoms. The molecule has 0 fully saturated rings. The van der Waals surface area contributed by atoms with Crippen LogP contribution in [0.15, 0.2) is 53.0 Å². The Hall–Kier alpha value is -3.41. The van der Waals surface area contributed by atoms with Gasteiger partial charge in [-0.15, -0.1) is 4.68 Å². The minimum atomic E-state index is -4.48. The second kappa shape index (κ2) is 8.14. The van der Waals surface area contributed by atoms with E-state index in [0.29, 0.717) is 5.69 Å². The third-order valence-electron chi connectivity index (χ3n) is 3.86. The van der Waals surface area contributed by atoms with E-state index in [0.717, 1.165) is 16.8 Å². The van der Waals surface area contributed by atoms with Gasteiger partial charge in [0.15, 0.2) is 5.69 Å². The molecule has 0 saturated carbocycles. The summed E-state index contributed by atoms with van der Waals surface area (Å²) in [6, 6.07) is 10.3. The topological polar surface area (TPSA) is 99.3 Å². The molecule has 0 saturated heterocycles. The maximum absolute atomic E-state index is 12.8. The quantitative estimate of drug-likeness (QED) is 0.398. The molecule has 30 heavy (non-hydrogen) atoms. The fraction of sp³-hybridized carbons (Fsp3) is 0.111. The Morgan fingerprint density at radius 1 is 1.20 bits per heavy atom. The maximum atomic E-state index is 12.8. The lowest BCUT2D eigenvalue weighted by molar-refractivity contribution is -0.393. The lowest BCUT2D eigenvalue weighted by Gasteiger charge is -2.10. The van der Waals surface area contributed by atoms with Crippen molar-refractivity contribution in [2.45, 2.75) is 6.18 Å². The van der Waals surface area contributed by atoms with Crippen LogP contribution in [0.4, 0.5) is 24.7 Å². The van der Waals surface area contributed by atoms with Gasteiger partial charge in [-0.25, -0.2) is 0 Å². The summed E-state index contributed by atoms with van der Waals surface area (Å²) < 4.78 is 44.6. The Kier molecular flexibility index (Phi) is 5.78. The molecule has 1 heterocycles. The number of alkyl halides is 3. The van der Waals surface area contributed by atoms with Crippen molar-refractivity contribution >= 4 is 33.3 Å². The van der Waals surface area contributed by atoms with Crippen molar-refractivity contribution in [1.82, 2.24) is 9.78 Å². The summed E-state index contributed by atoms with van der Waals surface area (Å²) in [5.41, 5.74) is -0.677. The number of hydrogen-bond donors (Lipinski definition) is 1. The number of benzene rings is 2. The van der Waals surface area contributed by atoms with Crippen LogP contribution in [0.2, 0.25) is 0 Å². The van der Waals surface area contributed by atoms with E-state index in [1.165, 1.54) is 43.4 Å². The number of hydrogen-bond acceptors (Lipinski definition) is 5. The van der Waals surface area contributed by atoms with E-state index in [1.54, 1.807) is 0 Å². The van der Waals surface area contributed by atoms with Crippen molar-refractivity contribution in [3.63, 3.8) is 0 Å². The molecule has 1 N–H and O–H groups in total. The zero-order chi connectivity index (χ0) is 22.1. The first-order chi connectivity index (χ1) is 14.1. The average Bonchev–Trinajstić information content (AvgIpc) is 2.97. The molecule has 3 aromatic rings. The molecular weight excluding hydrogens is 473 g/mol. The van der Waals surface area contributed by atoms with Crippen molar-refractivity contribution in [2.75, 3.05) is 5.32 Å². The number of nitrogens with zero attached hydrogens (tertiary/aromatic N) is 3. The van der Waals surface area contributed by atoms with Crippen LogP contribution in [0.1, 0.15) is 16.1 Å². The van der Waals surface area contributed by atoms with Crippen LogP contribution in [0, 0.1) is 10.1 Å². The molecule has 0 aliphatic heterocycles. The fourth-order valence-corrected chi connectivity index (χ4v) is 3.16. The van der Waals surface area contributed by atoms with Crippen LogP contribution in [-0.4, -0.2) is 20.6 Å². The highest BCUT2D eigenvalue weighted by Gasteiger charge is 2.30. The lowest BCUT2D eigenvalue weighted by atomic mass is 10.2. The number of halogens is 4. The zero-order valence-electron chi connectivity index (χ0n) is 15.1. The molecule has 0 aliphatic rings. The highest BCUT2D eigenvalue weighted by molar-refractivity contribution is 9.10. The molecule has 0 aliphatic carbocycles. The van der Waals surface area contributed by atoms with Gasteiger partial charge in [0.05, 0.1) is 5.56 Å². The van der Waals surface area contributed by atoms with Gasteiger partial charge in [-0.3, -0.25) is 4.79 Å². The van der Waals surface area contributed by atoms with Gasteiger partial charge in [0, 0.05) is 5.69 Å². The SMILES string of the molecule is Cn1nc(C(=O)Nc2ccc(Oc3cccc(C(F)(F)F)c3)cc2)c(Br)c1[N+](=O)[O-]. The molecular formula is C18H12BrF3N4O4. The number of carbonyl (C=O) groups excluding carboxylic acids is 1. The average molecular weight is 485 g/mol. The Morgan fingerprint density at radius 2 is 1.87 bits per heavy atom. The predicted octanol–water partition coefficient (Wildman–Crippen LogP) is 5.15. The van der Waals surface area contributed by atoms with Gasteiger partial charge in [0.25, 0.3) is 5.91 Å². The number of carbonyl (C=O) groups is 1. The van der Waals surface area contributed by atoms with Gasteiger partial charge in [-0.2, -0.15) is 13.2 Å². The Bertz CT molecular complexity index is 1110. The van der Waals surface area contributed by atoms with Crippen LogP contribution in [0.3, 0.4) is 0 Å². The van der Waals surface area contributed by atoms with E-state index in [2.05, 4.69) is 26.3 Å². The molecule has 0 bridgehead atoms. The molecule has 0 atom stereocenters. The minimum absolute atomic E-state index is 0.00587. The molecule has 156 valence electrons. The predicted molar refractivity (Wildman–Crippen MR) is 103 cm³/mol. The first kappa shape index (κ1) is 21.3. The summed E-state index contributed by atoms with van der Waals surface area (Å²) >= 11 is 3.00. The molecule has 8 nitrogen and oxygen atoms in total. The van der Waals surface area contributed by atoms with Crippen molar-refractivity contribution in [1.29, 1.82) is 0 Å². The smallest absolute Gasteiger partial charge is 0.416 e. The number of anilines is 1. The summed E-state index contributed by atoms with van der Waals surface area (Å²) in [4.78, 5) is 22.7. The standard InChI is InChI=1S/C18H12BrF3N4O4/c1-25-17(26(28)29)14(19)15(24-25)16(27)23-11-5-7-12(8-6-11)30-13-4-2-3-10(9-13)18(20,21)22/h2-9H,1H3,(H,23,27). The third-order valence-corrected chi connectivity index (χ3v) is 4.59. The zero-order valence-corrected chi connectivity index (χ0v) is 16.7. The van der Waals surface area contributed by atoms with Gasteiger partial charge in [0.1, 0.15) is 23.0 Å². The second-order valence-electron chi connectivity index (χ2n) is 5.97. The number of nitro groups is 1. The van der Waals surface area contributed by atoms with E-state index in [-0.39, 0.29) is 27.5 Å². The Balaban J connectivity index is 1.72. The summed E-state index contributed by atoms with van der Waals surface area (Å²) in [7, 11) is 1.33. The van der Waals surface area contributed by atoms with Crippen molar-refractivity contribution in [3.8, 4) is 11.5 Å². The van der Waals surface area contributed by atoms with Gasteiger partial charge in [-0.05, 0) is 63.3 Å². The van der Waals surface area contributed by atoms with E-state index >= 15 is 0 Å². The number of amides is 1. The largest absolute Gasteiger partial charge is 0.457 e. The summed E-state index contributed by atoms with van der Waals surface area (Å²) in [5.74, 6) is -0.796. The number of aromatic nitrogens is 2. The minimum Gasteiger partial charge on any atom is -0.457 e. The molecule has 0 unspecified atom stereocenters. The van der Waals surface area contributed by atoms with Gasteiger partial charge in [0.2, 0.25) is 0 Å². The number of rotatable bonds is 5. The van der Waals surface area contributed by atoms with Crippen LogP contribution in [0.25, 0.3) is 0 Å². The van der Waals surface area contributed by atoms with Crippen molar-refractivity contribution in [3.05, 3.63) is 74.4 Å². The molecule has 2 aromatic carbocycles. The Morgan fingerprint density at radius 3 is 2.43 bits per heavy atom. The molecule has 3 rings (SSSR count). The summed E-state index contributed by atoms with van der Waals surface area (Å²) in [6.45, 7) is 0. The Labute approximate surface area is 175 Å². The summed E-state index contributed by atoms with van der Waals surface area (Å²) in [6.07, 6.45) is -4.48. The number of ether oxygens (including phenoxy) is 1. The van der Waals surface area contributed by atoms with E-state index in [9.17, 15) is 28.1 Å². The van der Waals surface area contributed by atoms with Gasteiger partial charge in [-0.1, -0.05) is 11.2 Å². The van der Waals surface area contributed by atoms with Crippen LogP contribution < -0.4 is 10.1 Å². The molecule has 1 aromatic heterocycles. The maximum Gasteiger partial charge on any atom is 0.416 e. The first-order valence-electron chi connectivity index (χ1n) is 8.19. The fourth-order valence-electron chi connectivity index (χ4n) is 2.50. The van der Waals surface area contributed by atoms with E-state index in [4.69, 9.17) is 4.74 Å². The van der Waals surface area contributed by atoms with Gasteiger partial charge >= 0.3 is 12.0 Å². The van der Waals surface area contributed by atoms with Crippen LogP contribution in [-0.2, 0) is 13.2 Å². The molecule has 0 radical (unpaired) electrons. The second-order valence-corrected chi connectivity index (χ2v) is 6.77. The first-order valence-corrected chi connectivity index (χ1v) is 8.99.